The van der Waals surface area contributed by atoms with Crippen molar-refractivity contribution in [1.82, 2.24) is 0 Å². The van der Waals surface area contributed by atoms with Crippen LogP contribution in [0.3, 0.4) is 0 Å². The number of aliphatic hydroxyl groups is 1. The summed E-state index contributed by atoms with van der Waals surface area (Å²) in [4.78, 5) is 72.8. The summed E-state index contributed by atoms with van der Waals surface area (Å²) in [5, 5.41) is 10.6. The van der Waals surface area contributed by atoms with Gasteiger partial charge in [-0.25, -0.2) is 9.13 Å². The molecule has 2 unspecified atom stereocenters. The molecule has 0 aliphatic carbocycles. The Morgan fingerprint density at radius 2 is 0.484 bits per heavy atom. The molecular formula is C76H148O17P2. The zero-order valence-corrected chi connectivity index (χ0v) is 63.8. The number of unbranched alkanes of at least 4 members (excludes halogenated alkanes) is 45. The highest BCUT2D eigenvalue weighted by atomic mass is 31.2. The minimum absolute atomic E-state index is 0.107. The average Bonchev–Trinajstić information content (AvgIpc) is 1.64. The molecule has 5 atom stereocenters. The standard InChI is InChI=1S/C76H148O17P2/c1-7-9-11-13-15-17-19-21-22-23-24-25-31-35-43-49-55-61-76(81)92-71(64-86-73(78)58-52-46-40-33-30-27-26-28-32-38-44-50-56-68(3)4)66-90-94(82,83)88-62-70(77)63-89-95(84,85)91-67-72(65-87-74(79)59-53-47-41-37-36-39-45-51-57-69(5)6)93-75(80)60-54-48-42-34-29-20-18-16-14-12-10-8-2/h68-72,77H,7-67H2,1-6H3,(H,82,83)(H,84,85)/t70-,71-,72-/m1/s1. The number of ether oxygens (including phenoxy) is 4. The summed E-state index contributed by atoms with van der Waals surface area (Å²) in [7, 11) is -9.91. The quantitative estimate of drug-likeness (QED) is 0.0222. The molecule has 0 fully saturated rings. The SMILES string of the molecule is CCCCCCCCCCCCCCCCCCCC(=O)O[C@H](COC(=O)CCCCCCCCCCCCCCC(C)C)COP(=O)(O)OC[C@@H](O)COP(=O)(O)OC[C@@H](COC(=O)CCCCCCCCCCC(C)C)OC(=O)CCCCCCCCCCCCCC. The van der Waals surface area contributed by atoms with Crippen LogP contribution in [-0.2, 0) is 65.4 Å². The minimum atomic E-state index is -4.96. The Balaban J connectivity index is 5.25. The molecule has 0 heterocycles. The predicted molar refractivity (Wildman–Crippen MR) is 386 cm³/mol. The first-order valence-electron chi connectivity index (χ1n) is 39.5. The third-order valence-electron chi connectivity index (χ3n) is 17.7. The van der Waals surface area contributed by atoms with Crippen LogP contribution in [0.5, 0.6) is 0 Å². The molecule has 0 radical (unpaired) electrons. The smallest absolute Gasteiger partial charge is 0.462 e. The van der Waals surface area contributed by atoms with Crippen molar-refractivity contribution in [2.75, 3.05) is 39.6 Å². The van der Waals surface area contributed by atoms with Crippen LogP contribution in [0.4, 0.5) is 0 Å². The van der Waals surface area contributed by atoms with Gasteiger partial charge in [0, 0.05) is 25.7 Å². The number of rotatable bonds is 75. The van der Waals surface area contributed by atoms with Gasteiger partial charge in [-0.3, -0.25) is 37.3 Å². The minimum Gasteiger partial charge on any atom is -0.462 e. The Bertz CT molecular complexity index is 1840. The van der Waals surface area contributed by atoms with Crippen molar-refractivity contribution < 1.29 is 80.2 Å². The number of phosphoric ester groups is 2. The van der Waals surface area contributed by atoms with Gasteiger partial charge in [-0.2, -0.15) is 0 Å². The normalized spacial score (nSPS) is 14.0. The third kappa shape index (κ3) is 70.3. The van der Waals surface area contributed by atoms with E-state index >= 15 is 0 Å². The Morgan fingerprint density at radius 3 is 0.716 bits per heavy atom. The summed E-state index contributed by atoms with van der Waals surface area (Å²) in [5.41, 5.74) is 0. The molecule has 0 aromatic heterocycles. The molecule has 95 heavy (non-hydrogen) atoms. The second kappa shape index (κ2) is 67.9. The summed E-state index contributed by atoms with van der Waals surface area (Å²) in [6.45, 7) is 9.58. The molecule has 0 bridgehead atoms. The molecule has 564 valence electrons. The van der Waals surface area contributed by atoms with Gasteiger partial charge in [-0.15, -0.1) is 0 Å². The number of aliphatic hydroxyl groups excluding tert-OH is 1. The summed E-state index contributed by atoms with van der Waals surface area (Å²) in [5.74, 6) is -0.606. The lowest BCUT2D eigenvalue weighted by Gasteiger charge is -2.21. The highest BCUT2D eigenvalue weighted by Gasteiger charge is 2.30. The van der Waals surface area contributed by atoms with Gasteiger partial charge in [-0.05, 0) is 37.5 Å². The van der Waals surface area contributed by atoms with Gasteiger partial charge in [0.1, 0.15) is 19.3 Å². The van der Waals surface area contributed by atoms with E-state index in [0.717, 1.165) is 102 Å². The topological polar surface area (TPSA) is 237 Å². The fourth-order valence-corrected chi connectivity index (χ4v) is 13.2. The molecule has 19 heteroatoms. The van der Waals surface area contributed by atoms with Gasteiger partial charge in [0.15, 0.2) is 12.2 Å². The van der Waals surface area contributed by atoms with Gasteiger partial charge in [0.05, 0.1) is 26.4 Å². The third-order valence-corrected chi connectivity index (χ3v) is 19.6. The van der Waals surface area contributed by atoms with Crippen molar-refractivity contribution in [3.63, 3.8) is 0 Å². The average molecular weight is 1400 g/mol. The van der Waals surface area contributed by atoms with E-state index in [4.69, 9.17) is 37.0 Å². The van der Waals surface area contributed by atoms with E-state index in [1.165, 1.54) is 212 Å². The predicted octanol–water partition coefficient (Wildman–Crippen LogP) is 22.3. The number of hydrogen-bond acceptors (Lipinski definition) is 15. The maximum atomic E-state index is 13.1. The van der Waals surface area contributed by atoms with E-state index in [0.29, 0.717) is 25.7 Å². The first-order valence-corrected chi connectivity index (χ1v) is 42.5. The summed E-state index contributed by atoms with van der Waals surface area (Å²) in [6.07, 6.45) is 55.4. The van der Waals surface area contributed by atoms with E-state index in [1.807, 2.05) is 0 Å². The monoisotopic (exact) mass is 1400 g/mol. The molecule has 17 nitrogen and oxygen atoms in total. The Morgan fingerprint density at radius 1 is 0.284 bits per heavy atom. The van der Waals surface area contributed by atoms with Crippen molar-refractivity contribution in [1.29, 1.82) is 0 Å². The number of carbonyl (C=O) groups excluding carboxylic acids is 4. The van der Waals surface area contributed by atoms with Crippen LogP contribution in [0.15, 0.2) is 0 Å². The van der Waals surface area contributed by atoms with Crippen molar-refractivity contribution in [3.05, 3.63) is 0 Å². The van der Waals surface area contributed by atoms with Crippen LogP contribution < -0.4 is 0 Å². The first kappa shape index (κ1) is 93.1. The molecule has 0 saturated carbocycles. The van der Waals surface area contributed by atoms with Gasteiger partial charge >= 0.3 is 39.5 Å². The highest BCUT2D eigenvalue weighted by molar-refractivity contribution is 7.47. The molecule has 0 aromatic carbocycles. The van der Waals surface area contributed by atoms with Crippen LogP contribution in [0.25, 0.3) is 0 Å². The lowest BCUT2D eigenvalue weighted by Crippen LogP contribution is -2.30. The van der Waals surface area contributed by atoms with Crippen LogP contribution >= 0.6 is 15.6 Å². The maximum absolute atomic E-state index is 13.1. The van der Waals surface area contributed by atoms with Crippen LogP contribution in [-0.4, -0.2) is 96.7 Å². The Kier molecular flexibility index (Phi) is 66.5. The molecule has 0 spiro atoms. The molecule has 0 aromatic rings. The van der Waals surface area contributed by atoms with Gasteiger partial charge in [0.2, 0.25) is 0 Å². The van der Waals surface area contributed by atoms with Crippen LogP contribution in [0.2, 0.25) is 0 Å². The van der Waals surface area contributed by atoms with E-state index in [1.54, 1.807) is 0 Å². The zero-order valence-electron chi connectivity index (χ0n) is 62.0. The number of hydrogen-bond donors (Lipinski definition) is 3. The Labute approximate surface area is 581 Å². The summed E-state index contributed by atoms with van der Waals surface area (Å²) >= 11 is 0. The Hall–Kier alpha value is -1.94. The highest BCUT2D eigenvalue weighted by Crippen LogP contribution is 2.45. The van der Waals surface area contributed by atoms with Crippen LogP contribution in [0, 0.1) is 11.8 Å². The largest absolute Gasteiger partial charge is 0.472 e. The van der Waals surface area contributed by atoms with E-state index < -0.39 is 97.5 Å². The molecule has 0 saturated heterocycles. The maximum Gasteiger partial charge on any atom is 0.472 e. The van der Waals surface area contributed by atoms with Crippen molar-refractivity contribution in [2.24, 2.45) is 11.8 Å². The van der Waals surface area contributed by atoms with E-state index in [9.17, 15) is 43.2 Å². The lowest BCUT2D eigenvalue weighted by atomic mass is 10.0. The van der Waals surface area contributed by atoms with Crippen molar-refractivity contribution >= 4 is 39.5 Å². The number of phosphoric acid groups is 2. The fraction of sp³-hybridized carbons (Fsp3) is 0.947. The lowest BCUT2D eigenvalue weighted by molar-refractivity contribution is -0.161. The van der Waals surface area contributed by atoms with Gasteiger partial charge < -0.3 is 33.8 Å². The van der Waals surface area contributed by atoms with Crippen molar-refractivity contribution in [2.45, 2.75) is 413 Å². The summed E-state index contributed by atoms with van der Waals surface area (Å²) < 4.78 is 68.5. The first-order chi connectivity index (χ1) is 45.9. The van der Waals surface area contributed by atoms with E-state index in [2.05, 4.69) is 41.5 Å². The molecule has 0 rings (SSSR count). The molecule has 0 aliphatic rings. The summed E-state index contributed by atoms with van der Waals surface area (Å²) in [6, 6.07) is 0. The van der Waals surface area contributed by atoms with E-state index in [-0.39, 0.29) is 25.7 Å². The number of esters is 4. The van der Waals surface area contributed by atoms with Gasteiger partial charge in [0.25, 0.3) is 0 Å². The molecule has 0 amide bonds. The second-order valence-electron chi connectivity index (χ2n) is 28.3. The molecular weight excluding hydrogens is 1250 g/mol. The van der Waals surface area contributed by atoms with Gasteiger partial charge in [-0.1, -0.05) is 343 Å². The van der Waals surface area contributed by atoms with Crippen molar-refractivity contribution in [3.8, 4) is 0 Å². The zero-order chi connectivity index (χ0) is 70.0. The number of carbonyl (C=O) groups is 4. The fourth-order valence-electron chi connectivity index (χ4n) is 11.7. The second-order valence-corrected chi connectivity index (χ2v) is 31.3. The van der Waals surface area contributed by atoms with Crippen LogP contribution in [0.1, 0.15) is 395 Å². The molecule has 3 N–H and O–H groups in total. The molecule has 0 aliphatic heterocycles.